The van der Waals surface area contributed by atoms with Gasteiger partial charge in [0.25, 0.3) is 11.5 Å². The van der Waals surface area contributed by atoms with Crippen LogP contribution in [0.15, 0.2) is 41.6 Å². The summed E-state index contributed by atoms with van der Waals surface area (Å²) in [6, 6.07) is 6.97. The molecule has 2 amide bonds. The van der Waals surface area contributed by atoms with Gasteiger partial charge in [-0.15, -0.1) is 0 Å². The molecular weight excluding hydrogens is 615 g/mol. The average molecular weight is 646 g/mol. The summed E-state index contributed by atoms with van der Waals surface area (Å²) in [5, 5.41) is 18.9. The lowest BCUT2D eigenvalue weighted by molar-refractivity contribution is -0.135. The van der Waals surface area contributed by atoms with Crippen LogP contribution in [0.1, 0.15) is 43.0 Å². The Labute approximate surface area is 238 Å². The molecule has 0 unspecified atom stereocenters. The Kier molecular flexibility index (Phi) is 6.54. The summed E-state index contributed by atoms with van der Waals surface area (Å²) in [6.45, 7) is 4.97. The van der Waals surface area contributed by atoms with Gasteiger partial charge in [-0.3, -0.25) is 19.0 Å². The molecule has 3 aromatic rings. The number of fused-ring (bicyclic) bond motifs is 1. The summed E-state index contributed by atoms with van der Waals surface area (Å²) >= 11 is 2.24. The van der Waals surface area contributed by atoms with Crippen LogP contribution in [0.2, 0.25) is 0 Å². The van der Waals surface area contributed by atoms with Crippen LogP contribution in [0.4, 0.5) is 0 Å². The minimum absolute atomic E-state index is 0.0114. The molecule has 0 atom stereocenters. The van der Waals surface area contributed by atoms with Gasteiger partial charge in [0.15, 0.2) is 5.65 Å². The lowest BCUT2D eigenvalue weighted by atomic mass is 9.88. The molecule has 2 aromatic heterocycles. The highest BCUT2D eigenvalue weighted by molar-refractivity contribution is 14.1. The fourth-order valence-corrected chi connectivity index (χ4v) is 5.77. The Morgan fingerprint density at radius 1 is 1.13 bits per heavy atom. The van der Waals surface area contributed by atoms with Gasteiger partial charge in [0.1, 0.15) is 15.1 Å². The number of nitrogens with one attached hydrogen (secondary N) is 1. The highest BCUT2D eigenvalue weighted by atomic mass is 127. The highest BCUT2D eigenvalue weighted by Crippen LogP contribution is 2.47. The summed E-state index contributed by atoms with van der Waals surface area (Å²) in [5.41, 5.74) is 0.212. The lowest BCUT2D eigenvalue weighted by Crippen LogP contribution is -2.51. The van der Waals surface area contributed by atoms with Crippen molar-refractivity contribution in [2.75, 3.05) is 32.8 Å². The zero-order valence-electron chi connectivity index (χ0n) is 21.7. The summed E-state index contributed by atoms with van der Waals surface area (Å²) < 4.78 is 7.97. The molecule has 4 heterocycles. The third kappa shape index (κ3) is 5.09. The van der Waals surface area contributed by atoms with E-state index >= 15 is 0 Å². The molecule has 3 fully saturated rings. The minimum atomic E-state index is -1.09. The number of aromatic nitrogens is 4. The van der Waals surface area contributed by atoms with Gasteiger partial charge < -0.3 is 20.1 Å². The number of alkyl halides is 1. The Hall–Kier alpha value is -2.84. The van der Waals surface area contributed by atoms with Crippen LogP contribution in [0.5, 0.6) is 0 Å². The molecule has 206 valence electrons. The first-order valence-corrected chi connectivity index (χ1v) is 14.3. The molecule has 0 spiro atoms. The van der Waals surface area contributed by atoms with Crippen LogP contribution in [-0.2, 0) is 16.1 Å². The minimum Gasteiger partial charge on any atom is -0.388 e. The molecule has 6 rings (SSSR count). The van der Waals surface area contributed by atoms with Crippen LogP contribution < -0.4 is 10.9 Å². The van der Waals surface area contributed by atoms with Crippen molar-refractivity contribution in [1.29, 1.82) is 0 Å². The van der Waals surface area contributed by atoms with Crippen LogP contribution in [-0.4, -0.2) is 83.0 Å². The van der Waals surface area contributed by atoms with E-state index in [2.05, 4.69) is 44.9 Å². The molecule has 2 aliphatic heterocycles. The first-order valence-electron chi connectivity index (χ1n) is 13.2. The average Bonchev–Trinajstić information content (AvgIpc) is 3.52. The van der Waals surface area contributed by atoms with E-state index in [0.717, 1.165) is 12.8 Å². The van der Waals surface area contributed by atoms with Crippen molar-refractivity contribution in [2.45, 2.75) is 48.2 Å². The van der Waals surface area contributed by atoms with Crippen molar-refractivity contribution in [3.63, 3.8) is 0 Å². The normalized spacial score (nSPS) is 20.8. The van der Waals surface area contributed by atoms with Gasteiger partial charge in [0.05, 0.1) is 37.2 Å². The van der Waals surface area contributed by atoms with Gasteiger partial charge in [-0.05, 0) is 49.9 Å². The zero-order valence-corrected chi connectivity index (χ0v) is 23.9. The van der Waals surface area contributed by atoms with E-state index in [9.17, 15) is 19.5 Å². The second-order valence-corrected chi connectivity index (χ2v) is 13.6. The summed E-state index contributed by atoms with van der Waals surface area (Å²) in [4.78, 5) is 44.8. The Morgan fingerprint density at radius 3 is 2.44 bits per heavy atom. The number of ether oxygens (including phenoxy) is 1. The third-order valence-electron chi connectivity index (χ3n) is 8.02. The molecule has 12 heteroatoms. The molecule has 39 heavy (non-hydrogen) atoms. The molecule has 1 aliphatic carbocycles. The van der Waals surface area contributed by atoms with E-state index in [-0.39, 0.29) is 32.8 Å². The van der Waals surface area contributed by atoms with E-state index in [0.29, 0.717) is 68.0 Å². The molecule has 2 saturated heterocycles. The molecule has 2 N–H and O–H groups in total. The van der Waals surface area contributed by atoms with E-state index < -0.39 is 5.60 Å². The maximum atomic E-state index is 13.3. The quantitative estimate of drug-likeness (QED) is 0.295. The predicted octanol–water partition coefficient (Wildman–Crippen LogP) is 1.67. The topological polar surface area (TPSA) is 132 Å². The number of likely N-dealkylation sites (tertiary alicyclic amines) is 1. The SMILES string of the molecule is CC1(CNC(=O)c2ccc(-n3ncc4c(=O)n(CC5(O)CCN(C(=O)C6(I)CC6)CC5)cnc43)cc2)COC1. The standard InChI is InChI=1S/C27H31IN6O5/c1-25(15-39-16-25)13-29-22(35)18-2-4-19(5-3-18)34-21-20(12-31-34)23(36)33(17-30-21)14-26(38)8-10-32(11-9-26)24(37)27(28)6-7-27/h2-5,12,17,38H,6-11,13-16H2,1H3,(H,29,35). The van der Waals surface area contributed by atoms with E-state index in [1.807, 2.05) is 4.90 Å². The first kappa shape index (κ1) is 26.4. The van der Waals surface area contributed by atoms with E-state index in [1.54, 1.807) is 28.9 Å². The summed E-state index contributed by atoms with van der Waals surface area (Å²) in [7, 11) is 0. The van der Waals surface area contributed by atoms with Crippen LogP contribution in [0.25, 0.3) is 16.7 Å². The Bertz CT molecular complexity index is 1480. The van der Waals surface area contributed by atoms with Gasteiger partial charge >= 0.3 is 0 Å². The smallest absolute Gasteiger partial charge is 0.264 e. The largest absolute Gasteiger partial charge is 0.388 e. The monoisotopic (exact) mass is 646 g/mol. The molecule has 1 aromatic carbocycles. The van der Waals surface area contributed by atoms with Crippen LogP contribution in [0.3, 0.4) is 0 Å². The number of benzene rings is 1. The first-order chi connectivity index (χ1) is 18.6. The molecular formula is C27H31IN6O5. The molecule has 0 radical (unpaired) electrons. The number of piperidine rings is 1. The summed E-state index contributed by atoms with van der Waals surface area (Å²) in [5.74, 6) is 0.0000722. The van der Waals surface area contributed by atoms with Crippen molar-refractivity contribution < 1.29 is 19.4 Å². The van der Waals surface area contributed by atoms with Gasteiger partial charge in [0.2, 0.25) is 5.91 Å². The number of aliphatic hydroxyl groups is 1. The molecule has 0 bridgehead atoms. The molecule has 3 aliphatic rings. The number of hydrogen-bond acceptors (Lipinski definition) is 7. The second kappa shape index (κ2) is 9.66. The molecule has 11 nitrogen and oxygen atoms in total. The van der Waals surface area contributed by atoms with Crippen molar-refractivity contribution in [1.82, 2.24) is 29.5 Å². The number of carbonyl (C=O) groups excluding carboxylic acids is 2. The van der Waals surface area contributed by atoms with Crippen LogP contribution >= 0.6 is 22.6 Å². The zero-order chi connectivity index (χ0) is 27.4. The number of halogens is 1. The maximum absolute atomic E-state index is 13.3. The van der Waals surface area contributed by atoms with Gasteiger partial charge in [0, 0.05) is 30.6 Å². The maximum Gasteiger partial charge on any atom is 0.264 e. The summed E-state index contributed by atoms with van der Waals surface area (Å²) in [6.07, 6.45) is 5.55. The van der Waals surface area contributed by atoms with E-state index in [1.165, 1.54) is 17.1 Å². The Balaban J connectivity index is 1.13. The number of amides is 2. The van der Waals surface area contributed by atoms with E-state index in [4.69, 9.17) is 4.74 Å². The number of rotatable bonds is 7. The van der Waals surface area contributed by atoms with Crippen LogP contribution in [0, 0.1) is 5.41 Å². The Morgan fingerprint density at radius 2 is 1.82 bits per heavy atom. The van der Waals surface area contributed by atoms with Gasteiger partial charge in [-0.2, -0.15) is 5.10 Å². The fraction of sp³-hybridized carbons (Fsp3) is 0.519. The highest BCUT2D eigenvalue weighted by Gasteiger charge is 2.50. The predicted molar refractivity (Wildman–Crippen MR) is 151 cm³/mol. The van der Waals surface area contributed by atoms with Gasteiger partial charge in [-0.25, -0.2) is 9.67 Å². The van der Waals surface area contributed by atoms with Gasteiger partial charge in [-0.1, -0.05) is 29.5 Å². The number of nitrogens with zero attached hydrogens (tertiary/aromatic N) is 5. The second-order valence-electron chi connectivity index (χ2n) is 11.5. The van der Waals surface area contributed by atoms with Crippen molar-refractivity contribution >= 4 is 45.4 Å². The number of hydrogen-bond donors (Lipinski definition) is 2. The van der Waals surface area contributed by atoms with Crippen molar-refractivity contribution in [3.05, 3.63) is 52.7 Å². The third-order valence-corrected chi connectivity index (χ3v) is 9.56. The number of carbonyl (C=O) groups is 2. The van der Waals surface area contributed by atoms with Crippen molar-refractivity contribution in [2.24, 2.45) is 5.41 Å². The molecule has 1 saturated carbocycles. The van der Waals surface area contributed by atoms with Crippen molar-refractivity contribution in [3.8, 4) is 5.69 Å². The fourth-order valence-electron chi connectivity index (χ4n) is 5.16. The lowest BCUT2D eigenvalue weighted by Gasteiger charge is -2.39.